The molecule has 0 radical (unpaired) electrons. The molecule has 0 bridgehead atoms. The van der Waals surface area contributed by atoms with Crippen molar-refractivity contribution in [3.05, 3.63) is 0 Å². The summed E-state index contributed by atoms with van der Waals surface area (Å²) < 4.78 is 51.9. The maximum atomic E-state index is 12.5. The molecule has 4 saturated heterocycles. The van der Waals surface area contributed by atoms with E-state index in [0.717, 1.165) is 13.8 Å². The average Bonchev–Trinajstić information content (AvgIpc) is 3.09. The first-order chi connectivity index (χ1) is 24.9. The largest absolute Gasteiger partial charge is 0.479 e. The number of hydrogen-bond acceptors (Lipinski definition) is 20. The Balaban J connectivity index is 1.72. The number of carbonyl (C=O) groups excluding carboxylic acids is 2. The molecule has 0 aromatic carbocycles. The monoisotopic (exact) mass is 773 g/mol. The molecule has 10 N–H and O–H groups in total. The van der Waals surface area contributed by atoms with Crippen molar-refractivity contribution in [3.8, 4) is 0 Å². The third-order valence-corrected chi connectivity index (χ3v) is 9.24. The van der Waals surface area contributed by atoms with Crippen molar-refractivity contribution in [2.45, 2.75) is 164 Å². The Kier molecular flexibility index (Phi) is 15.3. The Hall–Kier alpha value is -2.23. The molecule has 53 heavy (non-hydrogen) atoms. The van der Waals surface area contributed by atoms with Gasteiger partial charge in [-0.15, -0.1) is 0 Å². The van der Waals surface area contributed by atoms with E-state index in [4.69, 9.17) is 42.6 Å². The molecule has 0 spiro atoms. The Labute approximate surface area is 303 Å². The van der Waals surface area contributed by atoms with Gasteiger partial charge in [0.2, 0.25) is 5.91 Å². The minimum atomic E-state index is -2.11. The number of esters is 1. The smallest absolute Gasteiger partial charge is 0.335 e. The van der Waals surface area contributed by atoms with Gasteiger partial charge in [0.25, 0.3) is 0 Å². The van der Waals surface area contributed by atoms with Gasteiger partial charge in [0.1, 0.15) is 67.1 Å². The maximum Gasteiger partial charge on any atom is 0.335 e. The molecule has 0 aromatic heterocycles. The highest BCUT2D eigenvalue weighted by molar-refractivity contribution is 5.73. The highest BCUT2D eigenvalue weighted by Gasteiger charge is 2.57. The average molecular weight is 774 g/mol. The lowest BCUT2D eigenvalue weighted by atomic mass is 9.94. The number of aliphatic hydroxyl groups excluding tert-OH is 8. The van der Waals surface area contributed by atoms with Crippen LogP contribution in [0.5, 0.6) is 0 Å². The SMILES string of the molecule is CCCO[C@@H]1OC(C)[C@H](O)C(O)[C@@H]1O[C@@H]1OC(C)[C@H](O)C(OC(C)=O)[C@@H]1O[C@@H]1OC(CO)[C@H](O)C(O[C@@H]2OC(C(=O)O)[C@H](O)C(O)[C@@H]2O)[C@@H]1NC(C)=O. The van der Waals surface area contributed by atoms with Crippen molar-refractivity contribution in [2.75, 3.05) is 13.2 Å². The molecule has 4 aliphatic rings. The summed E-state index contributed by atoms with van der Waals surface area (Å²) in [5, 5.41) is 97.3. The summed E-state index contributed by atoms with van der Waals surface area (Å²) in [6.07, 6.45) is -31.6. The van der Waals surface area contributed by atoms with Gasteiger partial charge in [0.05, 0.1) is 18.8 Å². The second-order valence-electron chi connectivity index (χ2n) is 13.3. The standard InChI is InChI=1S/C31H51NO21/c1-6-7-45-30-25(19(40)15(36)9(2)46-30)52-31-26(23(48-12(5)35)16(37)10(3)47-31)53-28-14(32-11(4)34)22(17(38)13(8-33)49-28)50-29-21(42)18(39)20(41)24(51-29)27(43)44/h9-10,13-26,28-31,33,36-42H,6-8H2,1-5H3,(H,32,34)(H,43,44)/t9?,10?,13?,14-,15-,16-,17-,18?,19?,20+,21-,22?,23?,24?,25-,26-,28-,29+,30+,31-/m0/s1. The summed E-state index contributed by atoms with van der Waals surface area (Å²) >= 11 is 0. The number of carboxylic acids is 1. The van der Waals surface area contributed by atoms with E-state index >= 15 is 0 Å². The zero-order chi connectivity index (χ0) is 39.5. The number of rotatable bonds is 13. The second kappa shape index (κ2) is 18.6. The summed E-state index contributed by atoms with van der Waals surface area (Å²) in [5.74, 6) is -3.41. The van der Waals surface area contributed by atoms with Gasteiger partial charge in [-0.2, -0.15) is 0 Å². The fourth-order valence-electron chi connectivity index (χ4n) is 6.44. The van der Waals surface area contributed by atoms with Crippen LogP contribution in [0, 0.1) is 0 Å². The van der Waals surface area contributed by atoms with Crippen LogP contribution in [0.3, 0.4) is 0 Å². The Morgan fingerprint density at radius 2 is 1.25 bits per heavy atom. The van der Waals surface area contributed by atoms with Crippen LogP contribution in [0.4, 0.5) is 0 Å². The van der Waals surface area contributed by atoms with E-state index in [2.05, 4.69) is 5.32 Å². The fraction of sp³-hybridized carbons (Fsp3) is 0.903. The summed E-state index contributed by atoms with van der Waals surface area (Å²) in [6.45, 7) is 6.05. The van der Waals surface area contributed by atoms with E-state index in [9.17, 15) is 60.3 Å². The van der Waals surface area contributed by atoms with Crippen molar-refractivity contribution in [1.82, 2.24) is 5.32 Å². The first-order valence-corrected chi connectivity index (χ1v) is 17.2. The third kappa shape index (κ3) is 9.78. The third-order valence-electron chi connectivity index (χ3n) is 9.24. The normalized spacial score (nSPS) is 46.4. The molecule has 20 atom stereocenters. The van der Waals surface area contributed by atoms with Crippen LogP contribution in [0.25, 0.3) is 0 Å². The van der Waals surface area contributed by atoms with Crippen LogP contribution < -0.4 is 5.32 Å². The molecule has 22 nitrogen and oxygen atoms in total. The molecular weight excluding hydrogens is 722 g/mol. The Bertz CT molecular complexity index is 1230. The zero-order valence-electron chi connectivity index (χ0n) is 29.6. The molecule has 8 unspecified atom stereocenters. The van der Waals surface area contributed by atoms with E-state index in [1.54, 1.807) is 0 Å². The van der Waals surface area contributed by atoms with Crippen molar-refractivity contribution < 1.29 is 103 Å². The van der Waals surface area contributed by atoms with Gasteiger partial charge in [-0.25, -0.2) is 4.79 Å². The number of aliphatic hydroxyl groups is 8. The van der Waals surface area contributed by atoms with E-state index in [1.165, 1.54) is 13.8 Å². The van der Waals surface area contributed by atoms with Crippen LogP contribution in [0.1, 0.15) is 41.0 Å². The molecule has 4 heterocycles. The van der Waals surface area contributed by atoms with Crippen LogP contribution >= 0.6 is 0 Å². The molecule has 0 aliphatic carbocycles. The lowest BCUT2D eigenvalue weighted by molar-refractivity contribution is -0.389. The minimum absolute atomic E-state index is 0.153. The molecule has 22 heteroatoms. The quantitative estimate of drug-likeness (QED) is 0.0781. The van der Waals surface area contributed by atoms with Crippen LogP contribution in [0.2, 0.25) is 0 Å². The number of aliphatic carboxylic acids is 1. The number of carboxylic acid groups (broad SMARTS) is 1. The second-order valence-corrected chi connectivity index (χ2v) is 13.3. The van der Waals surface area contributed by atoms with Crippen LogP contribution in [0.15, 0.2) is 0 Å². The summed E-state index contributed by atoms with van der Waals surface area (Å²) in [4.78, 5) is 36.5. The molecular formula is C31H51NO21. The van der Waals surface area contributed by atoms with Gasteiger partial charge < -0.3 is 93.9 Å². The summed E-state index contributed by atoms with van der Waals surface area (Å²) in [5.41, 5.74) is 0. The van der Waals surface area contributed by atoms with E-state index in [0.29, 0.717) is 6.42 Å². The van der Waals surface area contributed by atoms with Crippen LogP contribution in [-0.4, -0.2) is 200 Å². The van der Waals surface area contributed by atoms with Gasteiger partial charge >= 0.3 is 11.9 Å². The van der Waals surface area contributed by atoms with Crippen molar-refractivity contribution >= 4 is 17.8 Å². The molecule has 4 aliphatic heterocycles. The highest BCUT2D eigenvalue weighted by atomic mass is 16.8. The van der Waals surface area contributed by atoms with Gasteiger partial charge in [0.15, 0.2) is 43.5 Å². The van der Waals surface area contributed by atoms with Crippen molar-refractivity contribution in [1.29, 1.82) is 0 Å². The van der Waals surface area contributed by atoms with Gasteiger partial charge in [-0.05, 0) is 20.3 Å². The van der Waals surface area contributed by atoms with E-state index < -0.39 is 147 Å². The number of amides is 1. The highest BCUT2D eigenvalue weighted by Crippen LogP contribution is 2.36. The lowest BCUT2D eigenvalue weighted by Crippen LogP contribution is -2.70. The molecule has 4 rings (SSSR count). The summed E-state index contributed by atoms with van der Waals surface area (Å²) in [7, 11) is 0. The van der Waals surface area contributed by atoms with Crippen molar-refractivity contribution in [2.24, 2.45) is 0 Å². The summed E-state index contributed by atoms with van der Waals surface area (Å²) in [6, 6.07) is -1.66. The number of hydrogen-bond donors (Lipinski definition) is 10. The van der Waals surface area contributed by atoms with Gasteiger partial charge in [-0.1, -0.05) is 6.92 Å². The Morgan fingerprint density at radius 1 is 0.642 bits per heavy atom. The van der Waals surface area contributed by atoms with E-state index in [1.807, 2.05) is 6.92 Å². The first kappa shape index (κ1) is 43.5. The van der Waals surface area contributed by atoms with Crippen LogP contribution in [-0.2, 0) is 57.0 Å². The molecule has 0 aromatic rings. The number of carbonyl (C=O) groups is 3. The molecule has 1 amide bonds. The van der Waals surface area contributed by atoms with E-state index in [-0.39, 0.29) is 6.61 Å². The maximum absolute atomic E-state index is 12.5. The molecule has 4 fully saturated rings. The zero-order valence-corrected chi connectivity index (χ0v) is 29.6. The van der Waals surface area contributed by atoms with Crippen molar-refractivity contribution in [3.63, 3.8) is 0 Å². The number of nitrogens with one attached hydrogen (secondary N) is 1. The first-order valence-electron chi connectivity index (χ1n) is 17.2. The number of ether oxygens (including phenoxy) is 9. The fourth-order valence-corrected chi connectivity index (χ4v) is 6.44. The topological polar surface area (TPSA) is 328 Å². The minimum Gasteiger partial charge on any atom is -0.479 e. The molecule has 306 valence electrons. The predicted octanol–water partition coefficient (Wildman–Crippen LogP) is -5.45. The van der Waals surface area contributed by atoms with Gasteiger partial charge in [-0.3, -0.25) is 9.59 Å². The predicted molar refractivity (Wildman–Crippen MR) is 167 cm³/mol. The van der Waals surface area contributed by atoms with Gasteiger partial charge in [0, 0.05) is 20.5 Å². The Morgan fingerprint density at radius 3 is 1.83 bits per heavy atom. The molecule has 0 saturated carbocycles. The lowest BCUT2D eigenvalue weighted by Gasteiger charge is -2.50.